The zero-order valence-electron chi connectivity index (χ0n) is 8.09. The van der Waals surface area contributed by atoms with Crippen LogP contribution in [0.2, 0.25) is 0 Å². The number of H-pyrrole nitrogens is 1. The molecule has 0 fully saturated rings. The predicted molar refractivity (Wildman–Crippen MR) is 55.9 cm³/mol. The highest BCUT2D eigenvalue weighted by molar-refractivity contribution is 5.38. The maximum absolute atomic E-state index is 9.81. The van der Waals surface area contributed by atoms with Gasteiger partial charge < -0.3 is 15.8 Å². The second-order valence-corrected chi connectivity index (χ2v) is 3.24. The smallest absolute Gasteiger partial charge is 0.135 e. The van der Waals surface area contributed by atoms with Crippen molar-refractivity contribution in [1.29, 1.82) is 0 Å². The van der Waals surface area contributed by atoms with Crippen LogP contribution in [0.25, 0.3) is 0 Å². The molecule has 1 unspecified atom stereocenters. The van der Waals surface area contributed by atoms with E-state index in [9.17, 15) is 5.11 Å². The Morgan fingerprint density at radius 1 is 1.40 bits per heavy atom. The van der Waals surface area contributed by atoms with Crippen molar-refractivity contribution < 1.29 is 5.11 Å². The molecular formula is C10H12N4O. The SMILES string of the molecule is Nc1ncccc1CC(O)c1ncc[nH]1. The summed E-state index contributed by atoms with van der Waals surface area (Å²) in [5, 5.41) is 9.81. The number of hydrogen-bond donors (Lipinski definition) is 3. The lowest BCUT2D eigenvalue weighted by atomic mass is 10.1. The minimum atomic E-state index is -0.675. The molecule has 0 aliphatic rings. The summed E-state index contributed by atoms with van der Waals surface area (Å²) < 4.78 is 0. The van der Waals surface area contributed by atoms with Gasteiger partial charge >= 0.3 is 0 Å². The molecule has 2 heterocycles. The van der Waals surface area contributed by atoms with E-state index in [4.69, 9.17) is 5.73 Å². The highest BCUT2D eigenvalue weighted by atomic mass is 16.3. The van der Waals surface area contributed by atoms with Crippen LogP contribution in [0.1, 0.15) is 17.5 Å². The van der Waals surface area contributed by atoms with Crippen LogP contribution in [0.15, 0.2) is 30.7 Å². The number of anilines is 1. The third-order valence-corrected chi connectivity index (χ3v) is 2.17. The van der Waals surface area contributed by atoms with E-state index in [1.165, 1.54) is 0 Å². The third-order valence-electron chi connectivity index (χ3n) is 2.17. The molecule has 0 aromatic carbocycles. The van der Waals surface area contributed by atoms with E-state index < -0.39 is 6.10 Å². The number of nitrogen functional groups attached to an aromatic ring is 1. The predicted octanol–water partition coefficient (Wildman–Crippen LogP) is 0.663. The van der Waals surface area contributed by atoms with Gasteiger partial charge in [-0.05, 0) is 11.6 Å². The first-order valence-electron chi connectivity index (χ1n) is 4.64. The zero-order chi connectivity index (χ0) is 10.7. The first-order chi connectivity index (χ1) is 7.27. The average Bonchev–Trinajstić information content (AvgIpc) is 2.74. The summed E-state index contributed by atoms with van der Waals surface area (Å²) >= 11 is 0. The van der Waals surface area contributed by atoms with Crippen molar-refractivity contribution in [3.05, 3.63) is 42.1 Å². The minimum Gasteiger partial charge on any atom is -0.385 e. The van der Waals surface area contributed by atoms with Gasteiger partial charge in [0.05, 0.1) is 0 Å². The number of aliphatic hydroxyl groups excluding tert-OH is 1. The topological polar surface area (TPSA) is 87.8 Å². The monoisotopic (exact) mass is 204 g/mol. The Morgan fingerprint density at radius 3 is 2.93 bits per heavy atom. The van der Waals surface area contributed by atoms with Gasteiger partial charge in [-0.25, -0.2) is 9.97 Å². The number of aliphatic hydroxyl groups is 1. The number of pyridine rings is 1. The molecule has 0 radical (unpaired) electrons. The highest BCUT2D eigenvalue weighted by Crippen LogP contribution is 2.17. The number of nitrogens with two attached hydrogens (primary N) is 1. The summed E-state index contributed by atoms with van der Waals surface area (Å²) in [7, 11) is 0. The van der Waals surface area contributed by atoms with Gasteiger partial charge in [-0.1, -0.05) is 6.07 Å². The molecule has 2 aromatic rings. The van der Waals surface area contributed by atoms with E-state index in [2.05, 4.69) is 15.0 Å². The molecule has 78 valence electrons. The van der Waals surface area contributed by atoms with Crippen LogP contribution in [0.4, 0.5) is 5.82 Å². The number of nitrogens with one attached hydrogen (secondary N) is 1. The van der Waals surface area contributed by atoms with Gasteiger partial charge in [0.1, 0.15) is 17.7 Å². The Bertz CT molecular complexity index is 427. The fourth-order valence-electron chi connectivity index (χ4n) is 1.39. The summed E-state index contributed by atoms with van der Waals surface area (Å²) in [6, 6.07) is 3.63. The molecule has 0 aliphatic heterocycles. The van der Waals surface area contributed by atoms with Gasteiger partial charge in [0.15, 0.2) is 0 Å². The van der Waals surface area contributed by atoms with Crippen LogP contribution in [-0.2, 0) is 6.42 Å². The van der Waals surface area contributed by atoms with Gasteiger partial charge in [-0.15, -0.1) is 0 Å². The van der Waals surface area contributed by atoms with E-state index in [0.29, 0.717) is 18.1 Å². The van der Waals surface area contributed by atoms with Gasteiger partial charge in [-0.3, -0.25) is 0 Å². The highest BCUT2D eigenvalue weighted by Gasteiger charge is 2.12. The van der Waals surface area contributed by atoms with E-state index in [-0.39, 0.29) is 0 Å². The normalized spacial score (nSPS) is 12.6. The Labute approximate surface area is 87.0 Å². The summed E-state index contributed by atoms with van der Waals surface area (Å²) in [6.07, 6.45) is 4.63. The molecule has 5 heteroatoms. The van der Waals surface area contributed by atoms with Crippen molar-refractivity contribution in [3.63, 3.8) is 0 Å². The summed E-state index contributed by atoms with van der Waals surface area (Å²) in [4.78, 5) is 10.8. The quantitative estimate of drug-likeness (QED) is 0.685. The fourth-order valence-corrected chi connectivity index (χ4v) is 1.39. The lowest BCUT2D eigenvalue weighted by molar-refractivity contribution is 0.169. The Morgan fingerprint density at radius 2 is 2.27 bits per heavy atom. The molecule has 5 nitrogen and oxygen atoms in total. The summed E-state index contributed by atoms with van der Waals surface area (Å²) in [5.74, 6) is 0.987. The first-order valence-corrected chi connectivity index (χ1v) is 4.64. The summed E-state index contributed by atoms with van der Waals surface area (Å²) in [5.41, 5.74) is 6.49. The Kier molecular flexibility index (Phi) is 2.64. The van der Waals surface area contributed by atoms with Crippen molar-refractivity contribution in [3.8, 4) is 0 Å². The van der Waals surface area contributed by atoms with Crippen LogP contribution in [0.3, 0.4) is 0 Å². The number of aromatic amines is 1. The van der Waals surface area contributed by atoms with Crippen molar-refractivity contribution in [2.24, 2.45) is 0 Å². The number of nitrogens with zero attached hydrogens (tertiary/aromatic N) is 2. The lowest BCUT2D eigenvalue weighted by Gasteiger charge is -2.08. The minimum absolute atomic E-state index is 0.410. The Balaban J connectivity index is 2.13. The zero-order valence-corrected chi connectivity index (χ0v) is 8.09. The molecule has 1 atom stereocenters. The van der Waals surface area contributed by atoms with Crippen LogP contribution < -0.4 is 5.73 Å². The third kappa shape index (κ3) is 2.13. The molecule has 0 aliphatic carbocycles. The molecule has 0 saturated carbocycles. The number of hydrogen-bond acceptors (Lipinski definition) is 4. The molecule has 0 amide bonds. The fraction of sp³-hybridized carbons (Fsp3) is 0.200. The molecular weight excluding hydrogens is 192 g/mol. The summed E-state index contributed by atoms with van der Waals surface area (Å²) in [6.45, 7) is 0. The Hall–Kier alpha value is -1.88. The first kappa shape index (κ1) is 9.67. The molecule has 2 rings (SSSR count). The molecule has 0 bridgehead atoms. The standard InChI is InChI=1S/C10H12N4O/c11-9-7(2-1-3-12-9)6-8(15)10-13-4-5-14-10/h1-5,8,15H,6H2,(H2,11,12)(H,13,14). The van der Waals surface area contributed by atoms with E-state index in [0.717, 1.165) is 5.56 Å². The van der Waals surface area contributed by atoms with Crippen molar-refractivity contribution in [1.82, 2.24) is 15.0 Å². The molecule has 15 heavy (non-hydrogen) atoms. The van der Waals surface area contributed by atoms with Crippen molar-refractivity contribution >= 4 is 5.82 Å². The second-order valence-electron chi connectivity index (χ2n) is 3.24. The van der Waals surface area contributed by atoms with Crippen LogP contribution in [0, 0.1) is 0 Å². The number of aromatic nitrogens is 3. The van der Waals surface area contributed by atoms with Crippen molar-refractivity contribution in [2.45, 2.75) is 12.5 Å². The van der Waals surface area contributed by atoms with Gasteiger partial charge in [0, 0.05) is 25.0 Å². The average molecular weight is 204 g/mol. The molecule has 0 spiro atoms. The molecule has 0 saturated heterocycles. The van der Waals surface area contributed by atoms with Gasteiger partial charge in [0.2, 0.25) is 0 Å². The number of imidazole rings is 1. The molecule has 4 N–H and O–H groups in total. The van der Waals surface area contributed by atoms with Gasteiger partial charge in [-0.2, -0.15) is 0 Å². The van der Waals surface area contributed by atoms with Crippen molar-refractivity contribution in [2.75, 3.05) is 5.73 Å². The maximum Gasteiger partial charge on any atom is 0.135 e. The largest absolute Gasteiger partial charge is 0.385 e. The van der Waals surface area contributed by atoms with Crippen LogP contribution in [0.5, 0.6) is 0 Å². The van der Waals surface area contributed by atoms with E-state index in [1.54, 1.807) is 24.7 Å². The van der Waals surface area contributed by atoms with Crippen LogP contribution >= 0.6 is 0 Å². The molecule has 2 aromatic heterocycles. The van der Waals surface area contributed by atoms with Gasteiger partial charge in [0.25, 0.3) is 0 Å². The number of rotatable bonds is 3. The second kappa shape index (κ2) is 4.10. The van der Waals surface area contributed by atoms with E-state index in [1.807, 2.05) is 6.07 Å². The van der Waals surface area contributed by atoms with Crippen LogP contribution in [-0.4, -0.2) is 20.1 Å². The van der Waals surface area contributed by atoms with E-state index >= 15 is 0 Å². The maximum atomic E-state index is 9.81. The lowest BCUT2D eigenvalue weighted by Crippen LogP contribution is -2.06.